The lowest BCUT2D eigenvalue weighted by atomic mass is 9.99. The third kappa shape index (κ3) is 7.46. The van der Waals surface area contributed by atoms with Crippen molar-refractivity contribution in [2.75, 3.05) is 0 Å². The summed E-state index contributed by atoms with van der Waals surface area (Å²) < 4.78 is 11.9. The van der Waals surface area contributed by atoms with E-state index in [0.29, 0.717) is 17.5 Å². The first-order chi connectivity index (χ1) is 17.4. The van der Waals surface area contributed by atoms with Gasteiger partial charge >= 0.3 is 11.8 Å². The van der Waals surface area contributed by atoms with Gasteiger partial charge in [0.2, 0.25) is 5.91 Å². The van der Waals surface area contributed by atoms with Crippen LogP contribution in [-0.2, 0) is 23.0 Å². The molecular weight excluding hydrogens is 472 g/mol. The number of hydrogen-bond acceptors (Lipinski definition) is 6. The molecule has 37 heavy (non-hydrogen) atoms. The Kier molecular flexibility index (Phi) is 8.43. The van der Waals surface area contributed by atoms with Gasteiger partial charge in [0.05, 0.1) is 11.6 Å². The molecule has 9 nitrogen and oxygen atoms in total. The van der Waals surface area contributed by atoms with Crippen molar-refractivity contribution in [3.63, 3.8) is 0 Å². The molecule has 9 heteroatoms. The molecule has 2 amide bonds. The van der Waals surface area contributed by atoms with E-state index < -0.39 is 29.5 Å². The number of carbonyl (C=O) groups is 2. The Balaban J connectivity index is 1.61. The first-order valence-electron chi connectivity index (χ1n) is 12.2. The number of nitrogens with zero attached hydrogens (tertiary/aromatic N) is 2. The monoisotopic (exact) mass is 506 g/mol. The molecule has 0 fully saturated rings. The minimum absolute atomic E-state index is 0.00460. The number of nitrogens with one attached hydrogen (secondary N) is 2. The van der Waals surface area contributed by atoms with Crippen LogP contribution < -0.4 is 16.4 Å². The van der Waals surface area contributed by atoms with Crippen LogP contribution in [0.4, 0.5) is 4.79 Å². The predicted molar refractivity (Wildman–Crippen MR) is 141 cm³/mol. The van der Waals surface area contributed by atoms with Crippen molar-refractivity contribution < 1.29 is 18.7 Å². The lowest BCUT2D eigenvalue weighted by molar-refractivity contribution is -0.122. The van der Waals surface area contributed by atoms with E-state index in [9.17, 15) is 19.6 Å². The number of alkyl carbamates (subject to hydrolysis) is 1. The maximum Gasteiger partial charge on any atom is 0.419 e. The molecule has 0 bridgehead atoms. The molecule has 2 atom stereocenters. The van der Waals surface area contributed by atoms with Crippen LogP contribution in [0.2, 0.25) is 0 Å². The van der Waals surface area contributed by atoms with Crippen LogP contribution in [-0.4, -0.2) is 34.3 Å². The van der Waals surface area contributed by atoms with Crippen LogP contribution in [0, 0.1) is 17.2 Å². The summed E-state index contributed by atoms with van der Waals surface area (Å²) in [5.74, 6) is -0.737. The van der Waals surface area contributed by atoms with E-state index in [0.717, 1.165) is 16.7 Å². The highest BCUT2D eigenvalue weighted by Crippen LogP contribution is 2.24. The van der Waals surface area contributed by atoms with E-state index in [1.165, 1.54) is 4.57 Å². The van der Waals surface area contributed by atoms with Crippen molar-refractivity contribution in [2.45, 2.75) is 65.1 Å². The highest BCUT2D eigenvalue weighted by atomic mass is 16.6. The summed E-state index contributed by atoms with van der Waals surface area (Å²) in [4.78, 5) is 36.6. The van der Waals surface area contributed by atoms with Crippen molar-refractivity contribution in [3.05, 3.63) is 58.6 Å². The number of ether oxygens (including phenoxy) is 1. The molecular formula is C28H34N4O5. The van der Waals surface area contributed by atoms with E-state index in [-0.39, 0.29) is 18.2 Å². The molecule has 0 saturated heterocycles. The molecule has 1 aromatic heterocycles. The molecule has 0 saturated carbocycles. The second-order valence-corrected chi connectivity index (χ2v) is 10.5. The van der Waals surface area contributed by atoms with Crippen molar-refractivity contribution in [1.82, 2.24) is 15.2 Å². The van der Waals surface area contributed by atoms with Crippen LogP contribution >= 0.6 is 0 Å². The number of carbonyl (C=O) groups excluding carboxylic acids is 2. The molecule has 0 radical (unpaired) electrons. The van der Waals surface area contributed by atoms with Gasteiger partial charge in [0, 0.05) is 25.9 Å². The van der Waals surface area contributed by atoms with Crippen molar-refractivity contribution in [1.29, 1.82) is 5.26 Å². The van der Waals surface area contributed by atoms with Gasteiger partial charge in [-0.1, -0.05) is 44.2 Å². The largest absolute Gasteiger partial charge is 0.444 e. The molecule has 196 valence electrons. The van der Waals surface area contributed by atoms with Crippen LogP contribution in [0.1, 0.15) is 46.6 Å². The number of nitriles is 1. The molecule has 0 spiro atoms. The number of amides is 2. The molecule has 1 unspecified atom stereocenters. The average molecular weight is 507 g/mol. The van der Waals surface area contributed by atoms with Gasteiger partial charge in [0.25, 0.3) is 0 Å². The highest BCUT2D eigenvalue weighted by molar-refractivity contribution is 5.81. The van der Waals surface area contributed by atoms with Gasteiger partial charge in [-0.05, 0) is 55.5 Å². The van der Waals surface area contributed by atoms with Crippen LogP contribution in [0.3, 0.4) is 0 Å². The summed E-state index contributed by atoms with van der Waals surface area (Å²) in [6, 6.07) is 14.2. The molecule has 1 heterocycles. The van der Waals surface area contributed by atoms with Gasteiger partial charge in [-0.2, -0.15) is 5.26 Å². The SMILES string of the molecule is CC(C)C(CC(=O)N[C@H](C#N)Cc1ccc(-c2ccc3oc(=O)n(C)c3c2)cc1)NC(=O)OC(C)(C)C. The number of hydrogen-bond donors (Lipinski definition) is 2. The summed E-state index contributed by atoms with van der Waals surface area (Å²) >= 11 is 0. The number of fused-ring (bicyclic) bond motifs is 1. The Bertz CT molecular complexity index is 1360. The summed E-state index contributed by atoms with van der Waals surface area (Å²) in [5.41, 5.74) is 3.36. The Labute approximate surface area is 216 Å². The third-order valence-corrected chi connectivity index (χ3v) is 5.92. The molecule has 3 aromatic rings. The highest BCUT2D eigenvalue weighted by Gasteiger charge is 2.24. The van der Waals surface area contributed by atoms with Gasteiger partial charge in [-0.3, -0.25) is 9.36 Å². The first-order valence-corrected chi connectivity index (χ1v) is 12.2. The zero-order chi connectivity index (χ0) is 27.3. The number of aromatic nitrogens is 1. The Morgan fingerprint density at radius 2 is 1.73 bits per heavy atom. The number of rotatable bonds is 8. The quantitative estimate of drug-likeness (QED) is 0.469. The zero-order valence-electron chi connectivity index (χ0n) is 22.1. The van der Waals surface area contributed by atoms with Crippen LogP contribution in [0.5, 0.6) is 0 Å². The van der Waals surface area contributed by atoms with E-state index in [2.05, 4.69) is 16.7 Å². The fourth-order valence-corrected chi connectivity index (χ4v) is 3.87. The molecule has 2 N–H and O–H groups in total. The van der Waals surface area contributed by atoms with Gasteiger partial charge < -0.3 is 19.8 Å². The van der Waals surface area contributed by atoms with Crippen LogP contribution in [0.15, 0.2) is 51.7 Å². The fourth-order valence-electron chi connectivity index (χ4n) is 3.87. The van der Waals surface area contributed by atoms with Gasteiger partial charge in [0.1, 0.15) is 11.6 Å². The Hall–Kier alpha value is -4.06. The topological polar surface area (TPSA) is 126 Å². The minimum atomic E-state index is -0.718. The van der Waals surface area contributed by atoms with E-state index >= 15 is 0 Å². The van der Waals surface area contributed by atoms with Crippen molar-refractivity contribution in [2.24, 2.45) is 13.0 Å². The number of oxazole rings is 1. The zero-order valence-corrected chi connectivity index (χ0v) is 22.1. The number of aryl methyl sites for hydroxylation is 1. The van der Waals surface area contributed by atoms with Gasteiger partial charge in [-0.25, -0.2) is 9.59 Å². The van der Waals surface area contributed by atoms with Gasteiger partial charge in [0.15, 0.2) is 5.58 Å². The summed E-state index contributed by atoms with van der Waals surface area (Å²) in [6.07, 6.45) is -0.207. The predicted octanol–water partition coefficient (Wildman–Crippen LogP) is 4.29. The summed E-state index contributed by atoms with van der Waals surface area (Å²) in [6.45, 7) is 9.13. The second kappa shape index (κ2) is 11.3. The maximum absolute atomic E-state index is 12.7. The molecule has 2 aromatic carbocycles. The lowest BCUT2D eigenvalue weighted by Crippen LogP contribution is -2.45. The molecule has 0 aliphatic heterocycles. The normalized spacial score (nSPS) is 13.1. The summed E-state index contributed by atoms with van der Waals surface area (Å²) in [7, 11) is 1.66. The molecule has 0 aliphatic rings. The van der Waals surface area contributed by atoms with E-state index in [1.807, 2.05) is 50.2 Å². The molecule has 3 rings (SSSR count). The fraction of sp³-hybridized carbons (Fsp3) is 0.429. The van der Waals surface area contributed by atoms with E-state index in [1.54, 1.807) is 33.9 Å². The second-order valence-electron chi connectivity index (χ2n) is 10.5. The minimum Gasteiger partial charge on any atom is -0.444 e. The lowest BCUT2D eigenvalue weighted by Gasteiger charge is -2.25. The average Bonchev–Trinajstić information content (AvgIpc) is 3.10. The Morgan fingerprint density at radius 1 is 1.08 bits per heavy atom. The number of benzene rings is 2. The van der Waals surface area contributed by atoms with Crippen molar-refractivity contribution >= 4 is 23.1 Å². The summed E-state index contributed by atoms with van der Waals surface area (Å²) in [5, 5.41) is 15.1. The van der Waals surface area contributed by atoms with Crippen LogP contribution in [0.25, 0.3) is 22.2 Å². The maximum atomic E-state index is 12.7. The van der Waals surface area contributed by atoms with Crippen molar-refractivity contribution in [3.8, 4) is 17.2 Å². The molecule has 0 aliphatic carbocycles. The Morgan fingerprint density at radius 3 is 2.32 bits per heavy atom. The van der Waals surface area contributed by atoms with Gasteiger partial charge in [-0.15, -0.1) is 0 Å². The smallest absolute Gasteiger partial charge is 0.419 e. The third-order valence-electron chi connectivity index (χ3n) is 5.92. The van der Waals surface area contributed by atoms with E-state index in [4.69, 9.17) is 9.15 Å². The standard InChI is InChI=1S/C28H34N4O5/c1-17(2)22(31-26(34)37-28(3,4)5)15-25(33)30-21(16-29)13-18-7-9-19(10-8-18)20-11-12-24-23(14-20)32(6)27(35)36-24/h7-12,14,17,21-22H,13,15H2,1-6H3,(H,30,33)(H,31,34)/t21-,22?/m0/s1. The first kappa shape index (κ1) is 27.5.